The summed E-state index contributed by atoms with van der Waals surface area (Å²) in [4.78, 5) is 24.6. The Morgan fingerprint density at radius 1 is 1.16 bits per heavy atom. The number of fused-ring (bicyclic) bond motifs is 1. The van der Waals surface area contributed by atoms with Crippen LogP contribution in [0.15, 0.2) is 35.5 Å². The topological polar surface area (TPSA) is 101 Å². The summed E-state index contributed by atoms with van der Waals surface area (Å²) in [6.07, 6.45) is 1.24. The fourth-order valence-corrected chi connectivity index (χ4v) is 4.18. The van der Waals surface area contributed by atoms with Crippen molar-refractivity contribution < 1.29 is 13.9 Å². The van der Waals surface area contributed by atoms with Crippen molar-refractivity contribution >= 4 is 29.0 Å². The molecule has 2 N–H and O–H groups in total. The van der Waals surface area contributed by atoms with E-state index in [1.165, 1.54) is 6.07 Å². The summed E-state index contributed by atoms with van der Waals surface area (Å²) < 4.78 is 22.3. The van der Waals surface area contributed by atoms with E-state index in [0.29, 0.717) is 30.9 Å². The first-order valence-corrected chi connectivity index (χ1v) is 12.6. The van der Waals surface area contributed by atoms with E-state index in [0.717, 1.165) is 16.9 Å². The number of carbonyl (C=O) groups is 1. The number of amidine groups is 1. The Morgan fingerprint density at radius 2 is 1.86 bits per heavy atom. The number of rotatable bonds is 3. The number of nitrogens with zero attached hydrogens (tertiary/aromatic N) is 6. The molecule has 0 bridgehead atoms. The Labute approximate surface area is 218 Å². The van der Waals surface area contributed by atoms with E-state index in [9.17, 15) is 9.18 Å². The predicted molar refractivity (Wildman–Crippen MR) is 145 cm³/mol. The first kappa shape index (κ1) is 27.9. The quantitative estimate of drug-likeness (QED) is 0.393. The van der Waals surface area contributed by atoms with Gasteiger partial charge in [0.05, 0.1) is 23.1 Å². The van der Waals surface area contributed by atoms with Crippen molar-refractivity contribution in [3.63, 3.8) is 0 Å². The molecule has 0 aliphatic carbocycles. The molecule has 9 nitrogen and oxygen atoms in total. The molecule has 10 heteroatoms. The first-order valence-electron chi connectivity index (χ1n) is 12.6. The van der Waals surface area contributed by atoms with Gasteiger partial charge in [-0.05, 0) is 59.7 Å². The number of halogens is 1. The first-order chi connectivity index (χ1) is 17.4. The normalized spacial score (nSPS) is 16.5. The third-order valence-corrected chi connectivity index (χ3v) is 5.81. The summed E-state index contributed by atoms with van der Waals surface area (Å²) in [7, 11) is 0. The van der Waals surface area contributed by atoms with Crippen LogP contribution in [0.2, 0.25) is 0 Å². The van der Waals surface area contributed by atoms with Gasteiger partial charge in [0.2, 0.25) is 0 Å². The van der Waals surface area contributed by atoms with Gasteiger partial charge in [-0.3, -0.25) is 0 Å². The van der Waals surface area contributed by atoms with E-state index in [4.69, 9.17) is 10.5 Å². The Kier molecular flexibility index (Phi) is 8.40. The number of hydrogen-bond acceptors (Lipinski definition) is 6. The maximum Gasteiger partial charge on any atom is 0.410 e. The Morgan fingerprint density at radius 3 is 2.49 bits per heavy atom. The molecule has 4 rings (SSSR count). The predicted octanol–water partition coefficient (Wildman–Crippen LogP) is 4.99. The van der Waals surface area contributed by atoms with E-state index in [-0.39, 0.29) is 23.8 Å². The van der Waals surface area contributed by atoms with Crippen LogP contribution in [0.4, 0.5) is 20.7 Å². The zero-order valence-corrected chi connectivity index (χ0v) is 23.0. The van der Waals surface area contributed by atoms with Gasteiger partial charge in [-0.2, -0.15) is 5.10 Å². The van der Waals surface area contributed by atoms with Gasteiger partial charge in [0.25, 0.3) is 0 Å². The standard InChI is InChI=1S/C25H32FN7O2.C2H6/c1-15-9-19-11-18(10-16(2)33(19)30-15)22(27)29-23-21(26)12-20(13-28-23)31-7-8-32(17(3)14-31)24(34)35-25(4,5)6;1-2/h9-13,17H,7-8,14H2,1-6H3,(H2,27,28,29);1-2H3. The molecule has 4 heterocycles. The summed E-state index contributed by atoms with van der Waals surface area (Å²) in [6, 6.07) is 6.98. The molecule has 1 atom stereocenters. The maximum atomic E-state index is 15.0. The van der Waals surface area contributed by atoms with Crippen molar-refractivity contribution in [2.45, 2.75) is 67.0 Å². The van der Waals surface area contributed by atoms with Gasteiger partial charge >= 0.3 is 6.09 Å². The molecule has 0 spiro atoms. The van der Waals surface area contributed by atoms with Gasteiger partial charge in [-0.25, -0.2) is 23.7 Å². The monoisotopic (exact) mass is 511 g/mol. The lowest BCUT2D eigenvalue weighted by Crippen LogP contribution is -2.55. The smallest absolute Gasteiger partial charge is 0.410 e. The number of nitrogens with two attached hydrogens (primary N) is 1. The van der Waals surface area contributed by atoms with Crippen molar-refractivity contribution in [2.24, 2.45) is 10.7 Å². The van der Waals surface area contributed by atoms with Crippen LogP contribution in [0.1, 0.15) is 58.5 Å². The molecule has 0 aromatic carbocycles. The van der Waals surface area contributed by atoms with E-state index in [2.05, 4.69) is 15.1 Å². The molecule has 1 aliphatic heterocycles. The fraction of sp³-hybridized carbons (Fsp3) is 0.481. The Bertz CT molecular complexity index is 1300. The molecule has 1 amide bonds. The molecule has 3 aromatic heterocycles. The fourth-order valence-electron chi connectivity index (χ4n) is 4.18. The van der Waals surface area contributed by atoms with E-state index in [1.54, 1.807) is 11.1 Å². The van der Waals surface area contributed by atoms with Crippen molar-refractivity contribution in [3.8, 4) is 0 Å². The lowest BCUT2D eigenvalue weighted by molar-refractivity contribution is 0.0159. The highest BCUT2D eigenvalue weighted by molar-refractivity contribution is 5.99. The molecule has 1 aliphatic rings. The average molecular weight is 512 g/mol. The SMILES string of the molecule is CC.Cc1cc2cc(/C(N)=N/c3ncc(N4CCN(C(=O)OC(C)(C)C)C(C)C4)cc3F)cc(C)n2n1. The van der Waals surface area contributed by atoms with E-state index >= 15 is 0 Å². The van der Waals surface area contributed by atoms with Crippen LogP contribution in [0.3, 0.4) is 0 Å². The van der Waals surface area contributed by atoms with Crippen LogP contribution < -0.4 is 10.6 Å². The summed E-state index contributed by atoms with van der Waals surface area (Å²) >= 11 is 0. The molecular weight excluding hydrogens is 473 g/mol. The number of pyridine rings is 2. The lowest BCUT2D eigenvalue weighted by atomic mass is 10.1. The summed E-state index contributed by atoms with van der Waals surface area (Å²) in [5.41, 5.74) is 9.63. The molecule has 0 saturated carbocycles. The van der Waals surface area contributed by atoms with Gasteiger partial charge in [0.15, 0.2) is 11.6 Å². The zero-order chi connectivity index (χ0) is 27.5. The van der Waals surface area contributed by atoms with Crippen molar-refractivity contribution in [3.05, 3.63) is 53.2 Å². The van der Waals surface area contributed by atoms with Crippen LogP contribution in [0.5, 0.6) is 0 Å². The van der Waals surface area contributed by atoms with Crippen LogP contribution in [0.25, 0.3) is 5.52 Å². The second-order valence-electron chi connectivity index (χ2n) is 9.97. The Hall–Kier alpha value is -3.69. The van der Waals surface area contributed by atoms with Crippen LogP contribution in [-0.2, 0) is 4.74 Å². The molecule has 1 fully saturated rings. The maximum absolute atomic E-state index is 15.0. The van der Waals surface area contributed by atoms with Gasteiger partial charge in [0, 0.05) is 43.0 Å². The van der Waals surface area contributed by atoms with Crippen molar-refractivity contribution in [1.82, 2.24) is 19.5 Å². The van der Waals surface area contributed by atoms with Gasteiger partial charge in [-0.15, -0.1) is 0 Å². The Balaban J connectivity index is 0.00000186. The van der Waals surface area contributed by atoms with E-state index < -0.39 is 11.4 Å². The number of aromatic nitrogens is 3. The van der Waals surface area contributed by atoms with Gasteiger partial charge in [-0.1, -0.05) is 13.8 Å². The minimum atomic E-state index is -0.564. The second-order valence-corrected chi connectivity index (χ2v) is 9.97. The number of hydrogen-bond donors (Lipinski definition) is 1. The number of piperazine rings is 1. The van der Waals surface area contributed by atoms with Crippen molar-refractivity contribution in [1.29, 1.82) is 0 Å². The molecule has 1 saturated heterocycles. The molecular formula is C27H38FN7O2. The number of aliphatic imine (C=N–C) groups is 1. The minimum absolute atomic E-state index is 0.0751. The number of anilines is 1. The highest BCUT2D eigenvalue weighted by atomic mass is 19.1. The summed E-state index contributed by atoms with van der Waals surface area (Å²) in [5.74, 6) is -0.465. The molecule has 1 unspecified atom stereocenters. The van der Waals surface area contributed by atoms with Gasteiger partial charge < -0.3 is 20.3 Å². The highest BCUT2D eigenvalue weighted by Gasteiger charge is 2.31. The van der Waals surface area contributed by atoms with Crippen LogP contribution in [-0.4, -0.2) is 62.7 Å². The van der Waals surface area contributed by atoms with Gasteiger partial charge in [0.1, 0.15) is 11.4 Å². The van der Waals surface area contributed by atoms with Crippen LogP contribution in [0, 0.1) is 19.7 Å². The third-order valence-electron chi connectivity index (χ3n) is 5.81. The zero-order valence-electron chi connectivity index (χ0n) is 23.0. The highest BCUT2D eigenvalue weighted by Crippen LogP contribution is 2.25. The number of aryl methyl sites for hydroxylation is 2. The average Bonchev–Trinajstić information content (AvgIpc) is 3.21. The minimum Gasteiger partial charge on any atom is -0.444 e. The second kappa shape index (κ2) is 11.1. The number of ether oxygens (including phenoxy) is 1. The molecule has 3 aromatic rings. The molecule has 200 valence electrons. The number of carbonyl (C=O) groups excluding carboxylic acids is 1. The molecule has 37 heavy (non-hydrogen) atoms. The molecule has 0 radical (unpaired) electrons. The largest absolute Gasteiger partial charge is 0.444 e. The van der Waals surface area contributed by atoms with Crippen molar-refractivity contribution in [2.75, 3.05) is 24.5 Å². The third kappa shape index (κ3) is 6.55. The summed E-state index contributed by atoms with van der Waals surface area (Å²) in [5, 5.41) is 4.43. The van der Waals surface area contributed by atoms with Crippen LogP contribution >= 0.6 is 0 Å². The summed E-state index contributed by atoms with van der Waals surface area (Å²) in [6.45, 7) is 16.9. The van der Waals surface area contributed by atoms with E-state index in [1.807, 2.05) is 83.0 Å². The number of amides is 1. The lowest BCUT2D eigenvalue weighted by Gasteiger charge is -2.41.